The predicted octanol–water partition coefficient (Wildman–Crippen LogP) is 6.64. The molecule has 0 spiro atoms. The second-order valence-corrected chi connectivity index (χ2v) is 13.7. The lowest BCUT2D eigenvalue weighted by atomic mass is 10.0. The van der Waals surface area contributed by atoms with E-state index in [4.69, 9.17) is 14.3 Å². The van der Waals surface area contributed by atoms with E-state index in [1.807, 2.05) is 20.8 Å². The normalized spacial score (nSPS) is 13.3. The fourth-order valence-electron chi connectivity index (χ4n) is 4.77. The zero-order valence-corrected chi connectivity index (χ0v) is 29.6. The number of likely N-dealkylation sites (N-methyl/N-ethyl adjacent to an activating group) is 1. The van der Waals surface area contributed by atoms with E-state index >= 15 is 0 Å². The highest BCUT2D eigenvalue weighted by Gasteiger charge is 2.35. The van der Waals surface area contributed by atoms with Gasteiger partial charge in [-0.2, -0.15) is 18.3 Å². The maximum Gasteiger partial charge on any atom is 0.435 e. The Labute approximate surface area is 298 Å². The van der Waals surface area contributed by atoms with Crippen LogP contribution in [0, 0.1) is 18.0 Å². The summed E-state index contributed by atoms with van der Waals surface area (Å²) < 4.78 is 79.8. The third kappa shape index (κ3) is 10.4. The highest BCUT2D eigenvalue weighted by atomic mass is 32.2. The number of hydrogen-bond acceptors (Lipinski definition) is 10. The number of hydrazine groups is 1. The molecular weight excluding hydrogens is 709 g/mol. The molecule has 2 atom stereocenters. The second kappa shape index (κ2) is 16.6. The predicted molar refractivity (Wildman–Crippen MR) is 180 cm³/mol. The van der Waals surface area contributed by atoms with Crippen molar-refractivity contribution in [2.75, 3.05) is 13.7 Å². The van der Waals surface area contributed by atoms with Crippen LogP contribution in [0.3, 0.4) is 0 Å². The Morgan fingerprint density at radius 2 is 1.65 bits per heavy atom. The van der Waals surface area contributed by atoms with Crippen molar-refractivity contribution in [3.8, 4) is 16.9 Å². The highest BCUT2D eigenvalue weighted by Crippen LogP contribution is 2.33. The molecule has 0 aliphatic carbocycles. The number of ether oxygens (including phenoxy) is 2. The molecule has 0 bridgehead atoms. The van der Waals surface area contributed by atoms with E-state index in [-0.39, 0.29) is 32.7 Å². The molecule has 0 fully saturated rings. The minimum absolute atomic E-state index is 0.00468. The molecule has 52 heavy (non-hydrogen) atoms. The number of carbonyl (C=O) groups excluding carboxylic acids is 2. The molecule has 0 saturated carbocycles. The Balaban J connectivity index is 1.40. The molecule has 1 N–H and O–H groups in total. The Morgan fingerprint density at radius 3 is 2.25 bits per heavy atom. The molecule has 0 saturated heterocycles. The largest absolute Gasteiger partial charge is 0.569 e. The fourth-order valence-corrected chi connectivity index (χ4v) is 5.66. The molecule has 1 aromatic heterocycles. The van der Waals surface area contributed by atoms with Crippen molar-refractivity contribution in [3.63, 3.8) is 0 Å². The summed E-state index contributed by atoms with van der Waals surface area (Å²) in [6.45, 7) is 6.44. The van der Waals surface area contributed by atoms with Crippen molar-refractivity contribution in [3.05, 3.63) is 107 Å². The van der Waals surface area contributed by atoms with Gasteiger partial charge < -0.3 is 14.7 Å². The summed E-state index contributed by atoms with van der Waals surface area (Å²) in [6, 6.07) is 19.7. The maximum absolute atomic E-state index is 13.6. The average molecular weight is 747 g/mol. The molecule has 3 aromatic carbocycles. The first-order chi connectivity index (χ1) is 24.4. The zero-order chi connectivity index (χ0) is 38.2. The molecule has 1 amide bonds. The summed E-state index contributed by atoms with van der Waals surface area (Å²) in [7, 11) is -3.16. The van der Waals surface area contributed by atoms with Crippen molar-refractivity contribution in [2.45, 2.75) is 57.5 Å². The first-order valence-electron chi connectivity index (χ1n) is 15.8. The van der Waals surface area contributed by atoms with Gasteiger partial charge in [0.1, 0.15) is 12.6 Å². The van der Waals surface area contributed by atoms with E-state index in [2.05, 4.69) is 10.4 Å². The topological polar surface area (TPSA) is 167 Å². The third-order valence-corrected chi connectivity index (χ3v) is 8.78. The number of alkyl halides is 3. The first kappa shape index (κ1) is 39.1. The number of nitrogens with one attached hydrogen (secondary N) is 1. The Morgan fingerprint density at radius 1 is 1.02 bits per heavy atom. The lowest BCUT2D eigenvalue weighted by Crippen LogP contribution is -2.43. The number of aromatic nitrogens is 2. The van der Waals surface area contributed by atoms with Gasteiger partial charge in [-0.25, -0.2) is 27.4 Å². The van der Waals surface area contributed by atoms with E-state index in [1.165, 1.54) is 38.2 Å². The van der Waals surface area contributed by atoms with Crippen molar-refractivity contribution in [2.24, 2.45) is 11.2 Å². The molecule has 0 radical (unpaired) electrons. The van der Waals surface area contributed by atoms with Gasteiger partial charge in [0, 0.05) is 12.5 Å². The lowest BCUT2D eigenvalue weighted by molar-refractivity contribution is -0.715. The number of aryl methyl sites for hydroxylation is 1. The number of amides is 1. The molecular formula is C34H37F3N6O8S. The summed E-state index contributed by atoms with van der Waals surface area (Å²) in [6.07, 6.45) is -7.00. The molecule has 278 valence electrons. The number of hydrogen-bond donors (Lipinski definition) is 1. The molecule has 4 aromatic rings. The van der Waals surface area contributed by atoms with Gasteiger partial charge in [-0.3, -0.25) is 4.84 Å². The number of nitrogens with zero attached hydrogens (tertiary/aromatic N) is 5. The lowest BCUT2D eigenvalue weighted by Gasteiger charge is -2.25. The van der Waals surface area contributed by atoms with Gasteiger partial charge in [-0.15, -0.1) is 5.01 Å². The second-order valence-electron chi connectivity index (χ2n) is 12.0. The summed E-state index contributed by atoms with van der Waals surface area (Å²) in [4.78, 5) is 29.5. The third-order valence-electron chi connectivity index (χ3n) is 7.45. The maximum atomic E-state index is 13.6. The minimum Gasteiger partial charge on any atom is -0.569 e. The quantitative estimate of drug-likeness (QED) is 0.0486. The summed E-state index contributed by atoms with van der Waals surface area (Å²) >= 11 is 0. The molecule has 4 rings (SSSR count). The zero-order valence-electron chi connectivity index (χ0n) is 28.8. The molecule has 14 nitrogen and oxygen atoms in total. The van der Waals surface area contributed by atoms with Gasteiger partial charge >= 0.3 is 18.2 Å². The Kier molecular flexibility index (Phi) is 12.5. The van der Waals surface area contributed by atoms with Crippen LogP contribution in [-0.2, 0) is 30.5 Å². The molecule has 0 aliphatic heterocycles. The number of halogens is 3. The molecule has 1 unspecified atom stereocenters. The van der Waals surface area contributed by atoms with Crippen LogP contribution in [0.5, 0.6) is 0 Å². The van der Waals surface area contributed by atoms with Gasteiger partial charge in [0.2, 0.25) is 5.28 Å². The summed E-state index contributed by atoms with van der Waals surface area (Å²) in [5.74, 6) is -0.697. The van der Waals surface area contributed by atoms with E-state index < -0.39 is 52.9 Å². The average Bonchev–Trinajstić information content (AvgIpc) is 3.56. The van der Waals surface area contributed by atoms with Crippen LogP contribution < -0.4 is 4.72 Å². The molecule has 1 heterocycles. The SMILES string of the molecule is Cc1ccc(-c2cc(C(F)(F)F)nn2-c2ccc(S(=O)(=O)NC(=O)OC[C@H](CC(C)C)N(C)/[N+]([O-])=N/OC(C)OC(=O)c3ccccc3)cc2)cc1. The van der Waals surface area contributed by atoms with Crippen LogP contribution in [0.1, 0.15) is 48.8 Å². The van der Waals surface area contributed by atoms with Crippen LogP contribution in [0.2, 0.25) is 0 Å². The smallest absolute Gasteiger partial charge is 0.435 e. The summed E-state index contributed by atoms with van der Waals surface area (Å²) in [5, 5.41) is 20.8. The number of sulfonamides is 1. The van der Waals surface area contributed by atoms with Crippen molar-refractivity contribution in [1.29, 1.82) is 0 Å². The Hall–Kier alpha value is -5.65. The van der Waals surface area contributed by atoms with Gasteiger partial charge in [-0.05, 0) is 61.7 Å². The fraction of sp³-hybridized carbons (Fsp3) is 0.324. The van der Waals surface area contributed by atoms with Gasteiger partial charge in [-0.1, -0.05) is 61.9 Å². The van der Waals surface area contributed by atoms with Crippen LogP contribution in [-0.4, -0.2) is 66.2 Å². The van der Waals surface area contributed by atoms with E-state index in [0.717, 1.165) is 33.5 Å². The highest BCUT2D eigenvalue weighted by molar-refractivity contribution is 7.90. The van der Waals surface area contributed by atoms with Crippen LogP contribution in [0.25, 0.3) is 16.9 Å². The molecule has 18 heteroatoms. The van der Waals surface area contributed by atoms with Crippen molar-refractivity contribution < 1.29 is 50.5 Å². The minimum atomic E-state index is -4.73. The van der Waals surface area contributed by atoms with E-state index in [9.17, 15) is 36.4 Å². The van der Waals surface area contributed by atoms with Crippen LogP contribution in [0.15, 0.2) is 95.1 Å². The number of carbonyl (C=O) groups is 2. The number of benzene rings is 3. The van der Waals surface area contributed by atoms with Gasteiger partial charge in [0.05, 0.1) is 33.9 Å². The van der Waals surface area contributed by atoms with Crippen LogP contribution in [0.4, 0.5) is 18.0 Å². The Bertz CT molecular complexity index is 1970. The van der Waals surface area contributed by atoms with Gasteiger partial charge in [0.15, 0.2) is 5.69 Å². The molecule has 0 aliphatic rings. The van der Waals surface area contributed by atoms with E-state index in [1.54, 1.807) is 47.2 Å². The summed E-state index contributed by atoms with van der Waals surface area (Å²) in [5.41, 5.74) is 0.749. The number of rotatable bonds is 14. The monoisotopic (exact) mass is 746 g/mol. The van der Waals surface area contributed by atoms with E-state index in [0.29, 0.717) is 12.0 Å². The first-order valence-corrected chi connectivity index (χ1v) is 17.3. The van der Waals surface area contributed by atoms with Crippen molar-refractivity contribution in [1.82, 2.24) is 19.5 Å². The standard InChI is InChI=1S/C34H37F3N6O8S/c1-22(2)19-28(41(5)43(46)40-51-24(4)50-32(44)26-9-7-6-8-10-26)21-49-33(45)39-52(47,48)29-17-15-27(16-18-29)42-30(20-31(38-42)34(35,36)37)25-13-11-23(3)12-14-25/h6-18,20,22,24,28H,19,21H2,1-5H3,(H,39,45)/b43-40-/t24?,28-/m0/s1. The number of esters is 1. The van der Waals surface area contributed by atoms with Crippen molar-refractivity contribution >= 4 is 22.1 Å². The van der Waals surface area contributed by atoms with Gasteiger partial charge in [0.25, 0.3) is 16.3 Å². The van der Waals surface area contributed by atoms with Crippen LogP contribution >= 0.6 is 0 Å².